The molecule has 0 aliphatic heterocycles. The summed E-state index contributed by atoms with van der Waals surface area (Å²) in [5.74, 6) is -0.793. The zero-order chi connectivity index (χ0) is 29.7. The Labute approximate surface area is 298 Å². The van der Waals surface area contributed by atoms with Crippen molar-refractivity contribution in [2.45, 2.75) is 23.6 Å². The number of hydrogen-bond donors (Lipinski definition) is 2. The minimum absolute atomic E-state index is 0. The smallest absolute Gasteiger partial charge is 0.744 e. The first-order valence-electron chi connectivity index (χ1n) is 11.4. The number of methoxy groups -OCH3 is 1. The fourth-order valence-electron chi connectivity index (χ4n) is 3.66. The second-order valence-corrected chi connectivity index (χ2v) is 11.3. The Balaban J connectivity index is 0.00000323. The van der Waals surface area contributed by atoms with Crippen molar-refractivity contribution in [2.75, 3.05) is 12.4 Å². The van der Waals surface area contributed by atoms with Gasteiger partial charge in [-0.15, -0.1) is 21.6 Å². The maximum absolute atomic E-state index is 12.8. The quantitative estimate of drug-likeness (QED) is 0.0307. The van der Waals surface area contributed by atoms with Gasteiger partial charge in [0.2, 0.25) is 0 Å². The monoisotopic (exact) mass is 662 g/mol. The molecule has 18 heteroatoms. The van der Waals surface area contributed by atoms with E-state index in [2.05, 4.69) is 29.9 Å². The van der Waals surface area contributed by atoms with Gasteiger partial charge in [0.05, 0.1) is 44.8 Å². The molecule has 0 radical (unpaired) electrons. The number of ether oxygens (including phenoxy) is 1. The van der Waals surface area contributed by atoms with Crippen molar-refractivity contribution in [3.05, 3.63) is 71.6 Å². The number of amides is 1. The van der Waals surface area contributed by atoms with Crippen LogP contribution in [0.4, 0.5) is 11.4 Å². The fourth-order valence-corrected chi connectivity index (χ4v) is 6.41. The van der Waals surface area contributed by atoms with Crippen molar-refractivity contribution in [3.63, 3.8) is 0 Å². The number of allylic oxidation sites excluding steroid dienone is 1. The molecule has 43 heavy (non-hydrogen) atoms. The Morgan fingerprint density at radius 1 is 1.14 bits per heavy atom. The zero-order valence-corrected chi connectivity index (χ0v) is 29.9. The van der Waals surface area contributed by atoms with E-state index >= 15 is 0 Å². The van der Waals surface area contributed by atoms with Crippen LogP contribution in [0.25, 0.3) is 20.8 Å². The number of aliphatic hydroxyl groups excluding tert-OH is 1. The van der Waals surface area contributed by atoms with Crippen molar-refractivity contribution in [2.24, 2.45) is 10.2 Å². The third kappa shape index (κ3) is 9.07. The molecular weight excluding hydrogens is 642 g/mol. The Morgan fingerprint density at radius 2 is 1.86 bits per heavy atom. The average Bonchev–Trinajstić information content (AvgIpc) is 3.35. The number of aliphatic hydroxyl groups is 1. The van der Waals surface area contributed by atoms with Crippen molar-refractivity contribution >= 4 is 61.0 Å². The maximum Gasteiger partial charge on any atom is 1.00 e. The average molecular weight is 663 g/mol. The number of rotatable bonds is 10. The summed E-state index contributed by atoms with van der Waals surface area (Å²) in [6.45, 7) is 2.78. The predicted octanol–water partition coefficient (Wildman–Crippen LogP) is -1.07. The van der Waals surface area contributed by atoms with Crippen LogP contribution in [0.1, 0.15) is 12.5 Å². The Hall–Kier alpha value is -1.90. The number of nitrogens with zero attached hydrogens (tertiary/aromatic N) is 3. The van der Waals surface area contributed by atoms with E-state index in [1.54, 1.807) is 36.4 Å². The molecule has 1 heterocycles. The number of anilines is 1. The summed E-state index contributed by atoms with van der Waals surface area (Å²) in [7, 11) is -3.32. The molecule has 0 spiro atoms. The van der Waals surface area contributed by atoms with E-state index < -0.39 is 27.5 Å². The van der Waals surface area contributed by atoms with Crippen LogP contribution in [-0.4, -0.2) is 36.1 Å². The molecule has 1 amide bonds. The summed E-state index contributed by atoms with van der Waals surface area (Å²) < 4.78 is 45.5. The van der Waals surface area contributed by atoms with Gasteiger partial charge in [-0.05, 0) is 55.8 Å². The van der Waals surface area contributed by atoms with Crippen LogP contribution in [0.3, 0.4) is 0 Å². The standard InChI is InChI=1S/C25H22N4O9S3.2Na/c1-13-8-10-18-22(23(13)41(33,34)35)39-25(27-18)15-9-11-17(20(12-15)40-38-37-32)28-29-21(14(2)30)24(31)26-16-6-4-5-7-19(16)36-3;;/h4-12,30,32H,1-3H3,(H,26,31)(H,33,34,35);;/q;2*+1/p-2/b21-14-,29-28?;;. The minimum Gasteiger partial charge on any atom is -0.744 e. The first-order chi connectivity index (χ1) is 19.5. The van der Waals surface area contributed by atoms with E-state index in [-0.39, 0.29) is 79.3 Å². The normalized spacial score (nSPS) is 11.9. The van der Waals surface area contributed by atoms with Crippen LogP contribution in [-0.2, 0) is 24.3 Å². The molecule has 2 N–H and O–H groups in total. The Kier molecular flexibility index (Phi) is 14.2. The molecule has 0 saturated heterocycles. The SMILES string of the molecule is COc1ccccc1NC(=O)/C(N=Nc1ccc(-c2nc3ccc(C)c(S(=O)(=O)[O-])c3s2)cc1SOO[O-])=C(\C)O.[Na+].[Na+]. The number of nitrogens with one attached hydrogen (secondary N) is 1. The van der Waals surface area contributed by atoms with Gasteiger partial charge in [-0.1, -0.05) is 18.2 Å². The molecule has 214 valence electrons. The second kappa shape index (κ2) is 16.4. The zero-order valence-electron chi connectivity index (χ0n) is 23.5. The molecule has 4 aromatic rings. The van der Waals surface area contributed by atoms with Crippen LogP contribution in [0.5, 0.6) is 5.75 Å². The molecule has 13 nitrogen and oxygen atoms in total. The van der Waals surface area contributed by atoms with Gasteiger partial charge < -0.3 is 25.0 Å². The fraction of sp³-hybridized carbons (Fsp3) is 0.120. The number of thiazole rings is 1. The van der Waals surface area contributed by atoms with Crippen molar-refractivity contribution in [3.8, 4) is 16.3 Å². The molecule has 0 unspecified atom stereocenters. The number of aryl methyl sites for hydroxylation is 1. The summed E-state index contributed by atoms with van der Waals surface area (Å²) in [5, 5.41) is 35.0. The molecule has 0 aliphatic carbocycles. The maximum atomic E-state index is 12.8. The number of carbonyl (C=O) groups is 1. The third-order valence-electron chi connectivity index (χ3n) is 5.49. The van der Waals surface area contributed by atoms with E-state index in [1.807, 2.05) is 0 Å². The largest absolute Gasteiger partial charge is 1.00 e. The number of para-hydroxylation sites is 2. The molecule has 0 aliphatic rings. The van der Waals surface area contributed by atoms with Gasteiger partial charge in [-0.3, -0.25) is 9.83 Å². The van der Waals surface area contributed by atoms with E-state index in [0.29, 0.717) is 45.1 Å². The van der Waals surface area contributed by atoms with Crippen LogP contribution >= 0.6 is 23.4 Å². The first-order valence-corrected chi connectivity index (χ1v) is 14.4. The van der Waals surface area contributed by atoms with Crippen molar-refractivity contribution in [1.82, 2.24) is 4.98 Å². The number of fused-ring (bicyclic) bond motifs is 1. The van der Waals surface area contributed by atoms with E-state index in [9.17, 15) is 28.1 Å². The molecule has 1 aromatic heterocycles. The van der Waals surface area contributed by atoms with Crippen LogP contribution in [0, 0.1) is 6.92 Å². The Morgan fingerprint density at radius 3 is 2.51 bits per heavy atom. The number of aromatic nitrogens is 1. The third-order valence-corrected chi connectivity index (χ3v) is 8.41. The van der Waals surface area contributed by atoms with Gasteiger partial charge in [0.1, 0.15) is 32.3 Å². The van der Waals surface area contributed by atoms with Gasteiger partial charge >= 0.3 is 59.1 Å². The second-order valence-electron chi connectivity index (χ2n) is 8.22. The summed E-state index contributed by atoms with van der Waals surface area (Å²) in [4.78, 5) is 17.1. The number of carbonyl (C=O) groups excluding carboxylic acids is 1. The van der Waals surface area contributed by atoms with Gasteiger partial charge in [-0.25, -0.2) is 13.4 Å². The molecule has 0 atom stereocenters. The Bertz CT molecular complexity index is 1790. The van der Waals surface area contributed by atoms with Crippen LogP contribution < -0.4 is 74.4 Å². The summed E-state index contributed by atoms with van der Waals surface area (Å²) in [6.07, 6.45) is 0. The molecular formula is C25H20N4Na2O9S3. The first kappa shape index (κ1) is 37.3. The molecule has 0 bridgehead atoms. The van der Waals surface area contributed by atoms with Gasteiger partial charge in [0, 0.05) is 5.56 Å². The molecule has 0 saturated carbocycles. The van der Waals surface area contributed by atoms with E-state index in [1.165, 1.54) is 39.2 Å². The summed E-state index contributed by atoms with van der Waals surface area (Å²) >= 11 is 1.49. The summed E-state index contributed by atoms with van der Waals surface area (Å²) in [6, 6.07) is 14.3. The minimum atomic E-state index is -4.76. The number of azo groups is 1. The van der Waals surface area contributed by atoms with Gasteiger partial charge in [-0.2, -0.15) is 4.33 Å². The number of hydrogen-bond acceptors (Lipinski definition) is 14. The molecule has 4 rings (SSSR count). The van der Waals surface area contributed by atoms with E-state index in [4.69, 9.17) is 4.74 Å². The topological polar surface area (TPSA) is 195 Å². The summed E-state index contributed by atoms with van der Waals surface area (Å²) in [5.41, 5.74) is 1.15. The van der Waals surface area contributed by atoms with E-state index in [0.717, 1.165) is 11.3 Å². The van der Waals surface area contributed by atoms with Gasteiger partial charge in [0.15, 0.2) is 5.70 Å². The number of benzene rings is 3. The van der Waals surface area contributed by atoms with Crippen LogP contribution in [0.15, 0.2) is 86.1 Å². The molecule has 3 aromatic carbocycles. The van der Waals surface area contributed by atoms with Crippen molar-refractivity contribution in [1.29, 1.82) is 0 Å². The molecule has 0 fully saturated rings. The van der Waals surface area contributed by atoms with Crippen molar-refractivity contribution < 1.29 is 101 Å². The van der Waals surface area contributed by atoms with Crippen LogP contribution in [0.2, 0.25) is 0 Å². The van der Waals surface area contributed by atoms with Gasteiger partial charge in [0.25, 0.3) is 5.91 Å². The predicted molar refractivity (Wildman–Crippen MR) is 147 cm³/mol.